The van der Waals surface area contributed by atoms with Crippen LogP contribution in [0.2, 0.25) is 5.02 Å². The number of aromatic nitrogens is 3. The second-order valence-electron chi connectivity index (χ2n) is 5.34. The molecule has 0 spiro atoms. The summed E-state index contributed by atoms with van der Waals surface area (Å²) in [4.78, 5) is 23.4. The van der Waals surface area contributed by atoms with Gasteiger partial charge in [0.05, 0.1) is 12.0 Å². The molecule has 124 valence electrons. The fraction of sp³-hybridized carbons (Fsp3) is 0.188. The normalized spacial score (nSPS) is 12.1. The molecule has 0 bridgehead atoms. The van der Waals surface area contributed by atoms with Gasteiger partial charge in [-0.15, -0.1) is 0 Å². The number of H-pyrrole nitrogens is 1. The van der Waals surface area contributed by atoms with Crippen LogP contribution in [-0.2, 0) is 0 Å². The number of halogens is 1. The van der Waals surface area contributed by atoms with E-state index in [9.17, 15) is 9.90 Å². The molecule has 3 rings (SSSR count). The number of nitrogens with one attached hydrogen (secondary N) is 3. The molecule has 0 fully saturated rings. The SMILES string of the molecule is CC(CO)Nc1nc(Nc2cc(Cl)ccn2)cc2cc[nH]c(=O)c12. The summed E-state index contributed by atoms with van der Waals surface area (Å²) < 4.78 is 0. The van der Waals surface area contributed by atoms with Crippen molar-refractivity contribution in [2.24, 2.45) is 0 Å². The summed E-state index contributed by atoms with van der Waals surface area (Å²) in [6.07, 6.45) is 3.16. The topological polar surface area (TPSA) is 103 Å². The number of pyridine rings is 3. The van der Waals surface area contributed by atoms with E-state index in [0.717, 1.165) is 0 Å². The molecule has 3 heterocycles. The van der Waals surface area contributed by atoms with Gasteiger partial charge in [0.1, 0.15) is 17.5 Å². The summed E-state index contributed by atoms with van der Waals surface area (Å²) >= 11 is 5.96. The summed E-state index contributed by atoms with van der Waals surface area (Å²) in [5, 5.41) is 17.1. The quantitative estimate of drug-likeness (QED) is 0.566. The number of nitrogens with zero attached hydrogens (tertiary/aromatic N) is 2. The van der Waals surface area contributed by atoms with E-state index in [2.05, 4.69) is 25.6 Å². The van der Waals surface area contributed by atoms with Crippen molar-refractivity contribution in [2.75, 3.05) is 17.2 Å². The first kappa shape index (κ1) is 16.2. The summed E-state index contributed by atoms with van der Waals surface area (Å²) in [6, 6.07) is 6.64. The lowest BCUT2D eigenvalue weighted by Gasteiger charge is -2.15. The molecule has 3 aromatic rings. The zero-order valence-electron chi connectivity index (χ0n) is 12.9. The number of hydrogen-bond acceptors (Lipinski definition) is 6. The number of rotatable bonds is 5. The second-order valence-corrected chi connectivity index (χ2v) is 5.78. The van der Waals surface area contributed by atoms with Gasteiger partial charge >= 0.3 is 0 Å². The van der Waals surface area contributed by atoms with Gasteiger partial charge in [0.15, 0.2) is 0 Å². The molecule has 0 aliphatic heterocycles. The van der Waals surface area contributed by atoms with Crippen LogP contribution < -0.4 is 16.2 Å². The fourth-order valence-electron chi connectivity index (χ4n) is 2.27. The third-order valence-electron chi connectivity index (χ3n) is 3.39. The van der Waals surface area contributed by atoms with E-state index in [-0.39, 0.29) is 18.2 Å². The van der Waals surface area contributed by atoms with Gasteiger partial charge in [-0.2, -0.15) is 0 Å². The molecule has 7 nitrogen and oxygen atoms in total. The Hall–Kier alpha value is -2.64. The Kier molecular flexibility index (Phi) is 4.64. The molecule has 24 heavy (non-hydrogen) atoms. The van der Waals surface area contributed by atoms with Gasteiger partial charge in [-0.1, -0.05) is 11.6 Å². The molecular formula is C16H16ClN5O2. The highest BCUT2D eigenvalue weighted by Crippen LogP contribution is 2.24. The molecule has 0 aromatic carbocycles. The van der Waals surface area contributed by atoms with Gasteiger partial charge in [-0.25, -0.2) is 9.97 Å². The Balaban J connectivity index is 2.07. The molecule has 0 radical (unpaired) electrons. The van der Waals surface area contributed by atoms with Crippen LogP contribution in [0.25, 0.3) is 10.8 Å². The van der Waals surface area contributed by atoms with Crippen LogP contribution in [0.15, 0.2) is 41.5 Å². The zero-order chi connectivity index (χ0) is 17.1. The Morgan fingerprint density at radius 3 is 2.92 bits per heavy atom. The van der Waals surface area contributed by atoms with E-state index in [1.54, 1.807) is 43.6 Å². The number of hydrogen-bond donors (Lipinski definition) is 4. The molecule has 1 atom stereocenters. The lowest BCUT2D eigenvalue weighted by molar-refractivity contribution is 0.281. The van der Waals surface area contributed by atoms with E-state index >= 15 is 0 Å². The minimum Gasteiger partial charge on any atom is -0.394 e. The van der Waals surface area contributed by atoms with Crippen molar-refractivity contribution in [2.45, 2.75) is 13.0 Å². The third-order valence-corrected chi connectivity index (χ3v) is 3.62. The van der Waals surface area contributed by atoms with Crippen molar-refractivity contribution in [3.8, 4) is 0 Å². The standard InChI is InChI=1S/C16H16ClN5O2/c1-9(8-23)20-15-14-10(2-4-19-16(14)24)6-13(22-15)21-12-7-11(17)3-5-18-12/h2-7,9,23H,8H2,1H3,(H,19,24)(H2,18,20,21,22). The Bertz CT molecular complexity index is 928. The first-order chi connectivity index (χ1) is 11.6. The molecule has 0 amide bonds. The first-order valence-corrected chi connectivity index (χ1v) is 7.73. The van der Waals surface area contributed by atoms with E-state index in [1.165, 1.54) is 0 Å². The maximum Gasteiger partial charge on any atom is 0.259 e. The van der Waals surface area contributed by atoms with Crippen LogP contribution in [-0.4, -0.2) is 32.7 Å². The van der Waals surface area contributed by atoms with Crippen molar-refractivity contribution in [1.29, 1.82) is 0 Å². The average molecular weight is 346 g/mol. The van der Waals surface area contributed by atoms with Crippen LogP contribution in [0.3, 0.4) is 0 Å². The van der Waals surface area contributed by atoms with Crippen molar-refractivity contribution in [3.63, 3.8) is 0 Å². The van der Waals surface area contributed by atoms with Gasteiger partial charge in [0, 0.05) is 23.5 Å². The molecule has 1 unspecified atom stereocenters. The molecule has 0 saturated carbocycles. The van der Waals surface area contributed by atoms with E-state index in [4.69, 9.17) is 11.6 Å². The highest BCUT2D eigenvalue weighted by molar-refractivity contribution is 6.30. The van der Waals surface area contributed by atoms with Crippen molar-refractivity contribution < 1.29 is 5.11 Å². The average Bonchev–Trinajstić information content (AvgIpc) is 2.54. The summed E-state index contributed by atoms with van der Waals surface area (Å²) in [7, 11) is 0. The number of aromatic amines is 1. The highest BCUT2D eigenvalue weighted by Gasteiger charge is 2.12. The Morgan fingerprint density at radius 1 is 1.33 bits per heavy atom. The van der Waals surface area contributed by atoms with Gasteiger partial charge in [-0.3, -0.25) is 4.79 Å². The molecule has 0 aliphatic rings. The van der Waals surface area contributed by atoms with Crippen LogP contribution in [0.4, 0.5) is 17.5 Å². The lowest BCUT2D eigenvalue weighted by Crippen LogP contribution is -2.22. The second kappa shape index (κ2) is 6.86. The Labute approximate surface area is 142 Å². The molecule has 4 N–H and O–H groups in total. The summed E-state index contributed by atoms with van der Waals surface area (Å²) in [5.74, 6) is 1.44. The van der Waals surface area contributed by atoms with Crippen LogP contribution in [0, 0.1) is 0 Å². The van der Waals surface area contributed by atoms with Crippen LogP contribution >= 0.6 is 11.6 Å². The number of aliphatic hydroxyl groups excluding tert-OH is 1. The zero-order valence-corrected chi connectivity index (χ0v) is 13.6. The largest absolute Gasteiger partial charge is 0.394 e. The van der Waals surface area contributed by atoms with Gasteiger partial charge in [0.2, 0.25) is 0 Å². The smallest absolute Gasteiger partial charge is 0.259 e. The fourth-order valence-corrected chi connectivity index (χ4v) is 2.43. The lowest BCUT2D eigenvalue weighted by atomic mass is 10.2. The molecular weight excluding hydrogens is 330 g/mol. The van der Waals surface area contributed by atoms with Gasteiger partial charge in [-0.05, 0) is 36.6 Å². The number of aliphatic hydroxyl groups is 1. The molecule has 0 saturated heterocycles. The molecule has 3 aromatic heterocycles. The first-order valence-electron chi connectivity index (χ1n) is 7.35. The van der Waals surface area contributed by atoms with E-state index < -0.39 is 0 Å². The van der Waals surface area contributed by atoms with Gasteiger partial charge in [0.25, 0.3) is 5.56 Å². The van der Waals surface area contributed by atoms with E-state index in [0.29, 0.717) is 33.2 Å². The summed E-state index contributed by atoms with van der Waals surface area (Å²) in [6.45, 7) is 1.71. The monoisotopic (exact) mass is 345 g/mol. The van der Waals surface area contributed by atoms with Crippen LogP contribution in [0.5, 0.6) is 0 Å². The molecule has 8 heteroatoms. The van der Waals surface area contributed by atoms with Crippen molar-refractivity contribution in [3.05, 3.63) is 52.0 Å². The summed E-state index contributed by atoms with van der Waals surface area (Å²) in [5.41, 5.74) is -0.250. The van der Waals surface area contributed by atoms with Crippen molar-refractivity contribution >= 4 is 39.8 Å². The maximum absolute atomic E-state index is 12.1. The number of anilines is 3. The minimum absolute atomic E-state index is 0.0819. The number of fused-ring (bicyclic) bond motifs is 1. The third kappa shape index (κ3) is 3.47. The van der Waals surface area contributed by atoms with Crippen LogP contribution in [0.1, 0.15) is 6.92 Å². The predicted octanol–water partition coefficient (Wildman–Crippen LogP) is 2.51. The van der Waals surface area contributed by atoms with Crippen molar-refractivity contribution in [1.82, 2.24) is 15.0 Å². The highest BCUT2D eigenvalue weighted by atomic mass is 35.5. The minimum atomic E-state index is -0.250. The molecule has 0 aliphatic carbocycles. The van der Waals surface area contributed by atoms with E-state index in [1.807, 2.05) is 0 Å². The Morgan fingerprint density at radius 2 is 2.17 bits per heavy atom. The maximum atomic E-state index is 12.1. The predicted molar refractivity (Wildman–Crippen MR) is 95.1 cm³/mol. The van der Waals surface area contributed by atoms with Gasteiger partial charge < -0.3 is 20.7 Å².